The van der Waals surface area contributed by atoms with Crippen LogP contribution < -0.4 is 5.73 Å². The average molecular weight is 196 g/mol. The third-order valence-corrected chi connectivity index (χ3v) is 1.94. The fraction of sp³-hybridized carbons (Fsp3) is 0.750. The number of allylic oxidation sites excluding steroid dienone is 2. The Balaban J connectivity index is 4.70. The summed E-state index contributed by atoms with van der Waals surface area (Å²) >= 11 is 0. The molecule has 0 fully saturated rings. The number of amidine groups is 1. The van der Waals surface area contributed by atoms with E-state index in [9.17, 15) is 0 Å². The monoisotopic (exact) mass is 196 g/mol. The van der Waals surface area contributed by atoms with Gasteiger partial charge in [-0.2, -0.15) is 0 Å². The van der Waals surface area contributed by atoms with Crippen LogP contribution in [0, 0.1) is 5.41 Å². The Morgan fingerprint density at radius 1 is 1.29 bits per heavy atom. The maximum absolute atomic E-state index is 5.82. The molecule has 0 aliphatic carbocycles. The van der Waals surface area contributed by atoms with Crippen molar-refractivity contribution < 1.29 is 0 Å². The Bertz CT molecular complexity index is 219. The summed E-state index contributed by atoms with van der Waals surface area (Å²) in [5, 5.41) is 0. The van der Waals surface area contributed by atoms with Gasteiger partial charge in [0.2, 0.25) is 0 Å². The molecule has 82 valence electrons. The molecule has 0 aromatic rings. The number of hydrogen-bond acceptors (Lipinski definition) is 1. The van der Waals surface area contributed by atoms with E-state index in [1.54, 1.807) is 0 Å². The van der Waals surface area contributed by atoms with E-state index in [4.69, 9.17) is 5.73 Å². The zero-order valence-corrected chi connectivity index (χ0v) is 10.2. The second kappa shape index (κ2) is 5.84. The molecule has 0 saturated heterocycles. The van der Waals surface area contributed by atoms with Gasteiger partial charge >= 0.3 is 0 Å². The lowest BCUT2D eigenvalue weighted by molar-refractivity contribution is 0.495. The molecule has 0 atom stereocenters. The lowest BCUT2D eigenvalue weighted by atomic mass is 9.91. The Labute approximate surface area is 88.3 Å². The molecule has 2 heteroatoms. The number of hydrogen-bond donors (Lipinski definition) is 1. The molecule has 2 nitrogen and oxygen atoms in total. The van der Waals surface area contributed by atoms with Crippen LogP contribution in [0.5, 0.6) is 0 Å². The molecule has 0 aliphatic heterocycles. The first-order valence-electron chi connectivity index (χ1n) is 5.45. The average Bonchev–Trinajstić information content (AvgIpc) is 2.02. The van der Waals surface area contributed by atoms with Crippen LogP contribution in [0.25, 0.3) is 0 Å². The molecule has 14 heavy (non-hydrogen) atoms. The van der Waals surface area contributed by atoms with Crippen LogP contribution in [0.2, 0.25) is 0 Å². The second-order valence-corrected chi connectivity index (χ2v) is 4.60. The third-order valence-electron chi connectivity index (χ3n) is 1.94. The van der Waals surface area contributed by atoms with Crippen LogP contribution in [0.4, 0.5) is 0 Å². The van der Waals surface area contributed by atoms with Crippen molar-refractivity contribution in [1.29, 1.82) is 0 Å². The largest absolute Gasteiger partial charge is 0.387 e. The summed E-state index contributed by atoms with van der Waals surface area (Å²) in [6.45, 7) is 10.7. The lowest BCUT2D eigenvalue weighted by Gasteiger charge is -2.19. The minimum Gasteiger partial charge on any atom is -0.387 e. The van der Waals surface area contributed by atoms with Gasteiger partial charge < -0.3 is 5.73 Å². The summed E-state index contributed by atoms with van der Waals surface area (Å²) in [6.07, 6.45) is 5.11. The molecule has 2 N–H and O–H groups in total. The number of aliphatic imine (C=N–C) groups is 1. The Morgan fingerprint density at radius 3 is 2.21 bits per heavy atom. The minimum atomic E-state index is 0.0916. The number of nitrogens with zero attached hydrogens (tertiary/aromatic N) is 1. The van der Waals surface area contributed by atoms with Crippen molar-refractivity contribution in [3.8, 4) is 0 Å². The van der Waals surface area contributed by atoms with E-state index in [0.717, 1.165) is 30.8 Å². The van der Waals surface area contributed by atoms with Crippen LogP contribution in [0.1, 0.15) is 53.9 Å². The van der Waals surface area contributed by atoms with Crippen molar-refractivity contribution in [3.63, 3.8) is 0 Å². The van der Waals surface area contributed by atoms with Gasteiger partial charge in [0.05, 0.1) is 5.84 Å². The molecular weight excluding hydrogens is 172 g/mol. The summed E-state index contributed by atoms with van der Waals surface area (Å²) in [7, 11) is 0. The van der Waals surface area contributed by atoms with E-state index in [1.165, 1.54) is 0 Å². The first-order valence-corrected chi connectivity index (χ1v) is 5.45. The van der Waals surface area contributed by atoms with Gasteiger partial charge in [0.1, 0.15) is 0 Å². The van der Waals surface area contributed by atoms with Crippen molar-refractivity contribution in [2.45, 2.75) is 53.9 Å². The Kier molecular flexibility index (Phi) is 5.51. The molecule has 0 saturated carbocycles. The number of rotatable bonds is 4. The van der Waals surface area contributed by atoms with Gasteiger partial charge in [-0.05, 0) is 12.8 Å². The summed E-state index contributed by atoms with van der Waals surface area (Å²) in [4.78, 5) is 4.48. The molecule has 0 amide bonds. The Morgan fingerprint density at radius 2 is 1.86 bits per heavy atom. The second-order valence-electron chi connectivity index (χ2n) is 4.60. The van der Waals surface area contributed by atoms with Crippen molar-refractivity contribution in [3.05, 3.63) is 11.8 Å². The predicted molar refractivity (Wildman–Crippen MR) is 64.4 cm³/mol. The molecule has 0 radical (unpaired) electrons. The highest BCUT2D eigenvalue weighted by atomic mass is 14.9. The van der Waals surface area contributed by atoms with Crippen LogP contribution >= 0.6 is 0 Å². The summed E-state index contributed by atoms with van der Waals surface area (Å²) in [5.74, 6) is 0.752. The van der Waals surface area contributed by atoms with E-state index in [-0.39, 0.29) is 5.41 Å². The molecule has 0 aliphatic rings. The van der Waals surface area contributed by atoms with Gasteiger partial charge in [-0.1, -0.05) is 40.7 Å². The zero-order valence-electron chi connectivity index (χ0n) is 10.2. The van der Waals surface area contributed by atoms with Gasteiger partial charge in [0.15, 0.2) is 0 Å². The van der Waals surface area contributed by atoms with Gasteiger partial charge in [0.25, 0.3) is 0 Å². The fourth-order valence-corrected chi connectivity index (χ4v) is 1.18. The third kappa shape index (κ3) is 5.05. The van der Waals surface area contributed by atoms with Gasteiger partial charge in [-0.3, -0.25) is 0 Å². The van der Waals surface area contributed by atoms with Crippen molar-refractivity contribution in [2.75, 3.05) is 0 Å². The maximum Gasteiger partial charge on any atom is 0.0992 e. The summed E-state index contributed by atoms with van der Waals surface area (Å²) in [6, 6.07) is 0. The van der Waals surface area contributed by atoms with Crippen LogP contribution in [-0.2, 0) is 0 Å². The first-order chi connectivity index (χ1) is 6.41. The standard InChI is InChI=1S/C12H24N2/c1-6-8-10(12(3,4)5)14-11(13)9-7-2/h8H,6-7,9H2,1-5H3,(H2,13,14)/b10-8+. The van der Waals surface area contributed by atoms with Crippen molar-refractivity contribution in [2.24, 2.45) is 16.1 Å². The summed E-state index contributed by atoms with van der Waals surface area (Å²) in [5.41, 5.74) is 7.02. The minimum absolute atomic E-state index is 0.0916. The van der Waals surface area contributed by atoms with Gasteiger partial charge in [0, 0.05) is 17.5 Å². The van der Waals surface area contributed by atoms with Crippen LogP contribution in [0.15, 0.2) is 16.8 Å². The molecule has 0 spiro atoms. The maximum atomic E-state index is 5.82. The molecule has 0 unspecified atom stereocenters. The van der Waals surface area contributed by atoms with Crippen molar-refractivity contribution >= 4 is 5.84 Å². The van der Waals surface area contributed by atoms with Crippen molar-refractivity contribution in [1.82, 2.24) is 0 Å². The number of nitrogens with two attached hydrogens (primary N) is 1. The van der Waals surface area contributed by atoms with E-state index in [0.29, 0.717) is 0 Å². The first kappa shape index (κ1) is 13.2. The van der Waals surface area contributed by atoms with E-state index in [1.807, 2.05) is 0 Å². The molecule has 0 bridgehead atoms. The highest BCUT2D eigenvalue weighted by Gasteiger charge is 2.16. The lowest BCUT2D eigenvalue weighted by Crippen LogP contribution is -2.15. The molecule has 0 rings (SSSR count). The fourth-order valence-electron chi connectivity index (χ4n) is 1.18. The topological polar surface area (TPSA) is 38.4 Å². The molecular formula is C12H24N2. The van der Waals surface area contributed by atoms with Gasteiger partial charge in [-0.25, -0.2) is 4.99 Å². The molecule has 0 aromatic heterocycles. The predicted octanol–water partition coefficient (Wildman–Crippen LogP) is 3.48. The van der Waals surface area contributed by atoms with Crippen LogP contribution in [0.3, 0.4) is 0 Å². The quantitative estimate of drug-likeness (QED) is 0.542. The summed E-state index contributed by atoms with van der Waals surface area (Å²) < 4.78 is 0. The molecule has 0 aromatic carbocycles. The highest BCUT2D eigenvalue weighted by molar-refractivity contribution is 5.81. The highest BCUT2D eigenvalue weighted by Crippen LogP contribution is 2.26. The SMILES string of the molecule is CC/C=C(/N=C(N)CCC)C(C)(C)C. The normalized spacial score (nSPS) is 14.6. The molecule has 0 heterocycles. The van der Waals surface area contributed by atoms with Gasteiger partial charge in [-0.15, -0.1) is 0 Å². The van der Waals surface area contributed by atoms with E-state index < -0.39 is 0 Å². The zero-order chi connectivity index (χ0) is 11.2. The smallest absolute Gasteiger partial charge is 0.0992 e. The van der Waals surface area contributed by atoms with Crippen LogP contribution in [-0.4, -0.2) is 5.84 Å². The van der Waals surface area contributed by atoms with E-state index in [2.05, 4.69) is 45.7 Å². The van der Waals surface area contributed by atoms with E-state index >= 15 is 0 Å². The Hall–Kier alpha value is -0.790.